The summed E-state index contributed by atoms with van der Waals surface area (Å²) >= 11 is 12.2. The number of nitrogens with zero attached hydrogens (tertiary/aromatic N) is 1. The Hall–Kier alpha value is -0.330. The number of sulfonamides is 1. The second-order valence-corrected chi connectivity index (χ2v) is 8.07. The molecular weight excluding hydrogens is 333 g/mol. The predicted octanol–water partition coefficient (Wildman–Crippen LogP) is 3.33. The molecule has 2 aliphatic rings. The Morgan fingerprint density at radius 1 is 1.14 bits per heavy atom. The van der Waals surface area contributed by atoms with Gasteiger partial charge in [0.25, 0.3) is 0 Å². The highest BCUT2D eigenvalue weighted by Gasteiger charge is 2.42. The van der Waals surface area contributed by atoms with E-state index in [-0.39, 0.29) is 27.1 Å². The Bertz CT molecular complexity index is 613. The Balaban J connectivity index is 2.01. The van der Waals surface area contributed by atoms with Crippen molar-refractivity contribution < 1.29 is 13.2 Å². The number of hydrogen-bond donors (Lipinski definition) is 0. The maximum absolute atomic E-state index is 13.0. The van der Waals surface area contributed by atoms with Crippen molar-refractivity contribution >= 4 is 33.2 Å². The van der Waals surface area contributed by atoms with Crippen LogP contribution in [0.1, 0.15) is 25.7 Å². The largest absolute Gasteiger partial charge is 0.375 e. The van der Waals surface area contributed by atoms with E-state index in [0.717, 1.165) is 25.7 Å². The molecule has 1 aliphatic heterocycles. The van der Waals surface area contributed by atoms with Crippen LogP contribution >= 0.6 is 23.2 Å². The summed E-state index contributed by atoms with van der Waals surface area (Å²) < 4.78 is 33.2. The van der Waals surface area contributed by atoms with Gasteiger partial charge in [0, 0.05) is 6.54 Å². The van der Waals surface area contributed by atoms with Crippen LogP contribution in [0, 0.1) is 0 Å². The minimum atomic E-state index is -3.70. The van der Waals surface area contributed by atoms with E-state index in [4.69, 9.17) is 27.9 Å². The number of fused-ring (bicyclic) bond motifs is 1. The summed E-state index contributed by atoms with van der Waals surface area (Å²) in [6, 6.07) is 4.65. The lowest BCUT2D eigenvalue weighted by atomic mass is 9.91. The fourth-order valence-corrected chi connectivity index (χ4v) is 5.96. The third-order valence-corrected chi connectivity index (χ3v) is 7.05. The van der Waals surface area contributed by atoms with Crippen molar-refractivity contribution in [1.29, 1.82) is 0 Å². The van der Waals surface area contributed by atoms with Gasteiger partial charge in [-0.05, 0) is 25.0 Å². The molecule has 116 valence electrons. The monoisotopic (exact) mass is 349 g/mol. The molecule has 2 atom stereocenters. The third-order valence-electron chi connectivity index (χ3n) is 4.17. The lowest BCUT2D eigenvalue weighted by molar-refractivity contribution is -0.0586. The highest BCUT2D eigenvalue weighted by Crippen LogP contribution is 2.36. The molecular formula is C14H17Cl2NO3S. The van der Waals surface area contributed by atoms with Crippen molar-refractivity contribution in [3.8, 4) is 0 Å². The number of hydrogen-bond acceptors (Lipinski definition) is 3. The molecule has 4 nitrogen and oxygen atoms in total. The van der Waals surface area contributed by atoms with Gasteiger partial charge in [-0.25, -0.2) is 8.42 Å². The summed E-state index contributed by atoms with van der Waals surface area (Å²) in [7, 11) is -3.70. The normalized spacial score (nSPS) is 27.3. The van der Waals surface area contributed by atoms with Crippen LogP contribution in [0.4, 0.5) is 0 Å². The molecule has 0 radical (unpaired) electrons. The Labute approximate surface area is 135 Å². The number of halogens is 2. The molecule has 1 heterocycles. The van der Waals surface area contributed by atoms with E-state index >= 15 is 0 Å². The quantitative estimate of drug-likeness (QED) is 0.822. The smallest absolute Gasteiger partial charge is 0.246 e. The summed E-state index contributed by atoms with van der Waals surface area (Å²) in [6.07, 6.45) is 3.83. The molecule has 1 aliphatic carbocycles. The average Bonchev–Trinajstić information content (AvgIpc) is 2.46. The molecule has 1 aromatic carbocycles. The Kier molecular flexibility index (Phi) is 4.48. The number of benzene rings is 1. The van der Waals surface area contributed by atoms with Crippen LogP contribution in [0.3, 0.4) is 0 Å². The van der Waals surface area contributed by atoms with Crippen LogP contribution in [0.2, 0.25) is 10.0 Å². The van der Waals surface area contributed by atoms with Crippen LogP contribution in [0.5, 0.6) is 0 Å². The van der Waals surface area contributed by atoms with Gasteiger partial charge in [-0.15, -0.1) is 0 Å². The van der Waals surface area contributed by atoms with Crippen molar-refractivity contribution in [1.82, 2.24) is 4.31 Å². The van der Waals surface area contributed by atoms with E-state index in [0.29, 0.717) is 13.2 Å². The van der Waals surface area contributed by atoms with E-state index in [2.05, 4.69) is 0 Å². The van der Waals surface area contributed by atoms with Crippen LogP contribution in [-0.2, 0) is 14.8 Å². The first-order chi connectivity index (χ1) is 10.0. The molecule has 0 aromatic heterocycles. The third kappa shape index (κ3) is 2.82. The van der Waals surface area contributed by atoms with E-state index in [1.807, 2.05) is 0 Å². The number of rotatable bonds is 2. The van der Waals surface area contributed by atoms with E-state index in [9.17, 15) is 8.42 Å². The standard InChI is InChI=1S/C14H17Cl2NO3S/c15-10-4-3-5-11(16)14(10)21(18,19)17-8-9-20-13-7-2-1-6-12(13)17/h3-5,12-13H,1-2,6-9H2/t12-,13+/m1/s1. The molecule has 1 saturated carbocycles. The molecule has 1 saturated heterocycles. The van der Waals surface area contributed by atoms with Crippen LogP contribution in [-0.4, -0.2) is 38.0 Å². The van der Waals surface area contributed by atoms with Crippen molar-refractivity contribution in [2.24, 2.45) is 0 Å². The van der Waals surface area contributed by atoms with Gasteiger partial charge < -0.3 is 4.74 Å². The molecule has 7 heteroatoms. The van der Waals surface area contributed by atoms with Crippen molar-refractivity contribution in [3.05, 3.63) is 28.2 Å². The zero-order valence-corrected chi connectivity index (χ0v) is 13.8. The van der Waals surface area contributed by atoms with Crippen molar-refractivity contribution in [2.45, 2.75) is 42.7 Å². The first-order valence-corrected chi connectivity index (χ1v) is 9.29. The lowest BCUT2D eigenvalue weighted by Crippen LogP contribution is -2.54. The zero-order valence-electron chi connectivity index (χ0n) is 11.5. The van der Waals surface area contributed by atoms with Crippen LogP contribution in [0.25, 0.3) is 0 Å². The molecule has 0 amide bonds. The molecule has 0 unspecified atom stereocenters. The SMILES string of the molecule is O=S(=O)(c1c(Cl)cccc1Cl)N1CCO[C@H]2CCCC[C@H]21. The summed E-state index contributed by atoms with van der Waals surface area (Å²) in [5, 5.41) is 0.336. The summed E-state index contributed by atoms with van der Waals surface area (Å²) in [5.74, 6) is 0. The minimum Gasteiger partial charge on any atom is -0.375 e. The van der Waals surface area contributed by atoms with Gasteiger partial charge in [0.05, 0.1) is 28.8 Å². The number of ether oxygens (including phenoxy) is 1. The molecule has 0 spiro atoms. The maximum Gasteiger partial charge on any atom is 0.246 e. The topological polar surface area (TPSA) is 46.6 Å². The fourth-order valence-electron chi connectivity index (χ4n) is 3.21. The summed E-state index contributed by atoms with van der Waals surface area (Å²) in [5.41, 5.74) is 0. The second-order valence-electron chi connectivity index (χ2n) is 5.43. The molecule has 0 N–H and O–H groups in total. The van der Waals surface area contributed by atoms with Gasteiger partial charge in [-0.3, -0.25) is 0 Å². The second kappa shape index (κ2) is 6.05. The van der Waals surface area contributed by atoms with E-state index < -0.39 is 10.0 Å². The Morgan fingerprint density at radius 3 is 2.52 bits per heavy atom. The van der Waals surface area contributed by atoms with Crippen LogP contribution < -0.4 is 0 Å². The first-order valence-electron chi connectivity index (χ1n) is 7.09. The molecule has 1 aromatic rings. The molecule has 0 bridgehead atoms. The van der Waals surface area contributed by atoms with Crippen LogP contribution in [0.15, 0.2) is 23.1 Å². The van der Waals surface area contributed by atoms with E-state index in [1.165, 1.54) is 4.31 Å². The Morgan fingerprint density at radius 2 is 1.81 bits per heavy atom. The molecule has 21 heavy (non-hydrogen) atoms. The van der Waals surface area contributed by atoms with Gasteiger partial charge in [0.1, 0.15) is 4.90 Å². The highest BCUT2D eigenvalue weighted by molar-refractivity contribution is 7.89. The van der Waals surface area contributed by atoms with E-state index in [1.54, 1.807) is 18.2 Å². The fraction of sp³-hybridized carbons (Fsp3) is 0.571. The first kappa shape index (κ1) is 15.6. The van der Waals surface area contributed by atoms with Crippen molar-refractivity contribution in [3.63, 3.8) is 0 Å². The lowest BCUT2D eigenvalue weighted by Gasteiger charge is -2.42. The van der Waals surface area contributed by atoms with Crippen molar-refractivity contribution in [2.75, 3.05) is 13.2 Å². The average molecular weight is 350 g/mol. The van der Waals surface area contributed by atoms with Gasteiger partial charge in [-0.1, -0.05) is 42.1 Å². The minimum absolute atomic E-state index is 0.0106. The van der Waals surface area contributed by atoms with Gasteiger partial charge in [0.15, 0.2) is 0 Å². The zero-order chi connectivity index (χ0) is 15.0. The maximum atomic E-state index is 13.0. The number of morpholine rings is 1. The summed E-state index contributed by atoms with van der Waals surface area (Å²) in [4.78, 5) is 0.0135. The molecule has 3 rings (SSSR count). The molecule has 2 fully saturated rings. The highest BCUT2D eigenvalue weighted by atomic mass is 35.5. The predicted molar refractivity (Wildman–Crippen MR) is 82.3 cm³/mol. The van der Waals surface area contributed by atoms with Gasteiger partial charge >= 0.3 is 0 Å². The van der Waals surface area contributed by atoms with Gasteiger partial charge in [-0.2, -0.15) is 4.31 Å². The summed E-state index contributed by atoms with van der Waals surface area (Å²) in [6.45, 7) is 0.771. The van der Waals surface area contributed by atoms with Gasteiger partial charge in [0.2, 0.25) is 10.0 Å².